The van der Waals surface area contributed by atoms with E-state index in [0.717, 1.165) is 0 Å². The molecule has 0 saturated carbocycles. The Kier molecular flexibility index (Phi) is 5.15. The second kappa shape index (κ2) is 7.08. The first-order valence-electron chi connectivity index (χ1n) is 7.15. The number of benzene rings is 1. The topological polar surface area (TPSA) is 96.5 Å². The van der Waals surface area contributed by atoms with Gasteiger partial charge >= 0.3 is 6.03 Å². The highest BCUT2D eigenvalue weighted by molar-refractivity contribution is 6.04. The predicted molar refractivity (Wildman–Crippen MR) is 79.2 cm³/mol. The molecule has 1 aliphatic heterocycles. The molecular formula is C15H18FN3O4. The molecule has 23 heavy (non-hydrogen) atoms. The summed E-state index contributed by atoms with van der Waals surface area (Å²) in [5, 5.41) is 7.24. The molecule has 2 atom stereocenters. The van der Waals surface area contributed by atoms with E-state index in [1.807, 2.05) is 0 Å². The standard InChI is InChI=1S/C15H18FN3O4/c1-8(9-3-5-12(23-2)10(16)7-9)17-13(20)6-4-11-14(21)19-15(22)18-11/h3,5,7-8,11H,4,6H2,1-2H3,(H,17,20)(H2,18,19,21,22)/t8-,11+/m1/s1. The molecule has 3 N–H and O–H groups in total. The number of amides is 4. The minimum atomic E-state index is -0.693. The molecule has 4 amide bonds. The lowest BCUT2D eigenvalue weighted by Crippen LogP contribution is -2.32. The van der Waals surface area contributed by atoms with Crippen molar-refractivity contribution in [3.8, 4) is 5.75 Å². The Balaban J connectivity index is 1.86. The molecule has 2 rings (SSSR count). The van der Waals surface area contributed by atoms with Crippen molar-refractivity contribution in [2.24, 2.45) is 0 Å². The molecule has 0 bridgehead atoms. The van der Waals surface area contributed by atoms with Gasteiger partial charge in [-0.25, -0.2) is 9.18 Å². The number of rotatable bonds is 6. The smallest absolute Gasteiger partial charge is 0.322 e. The average molecular weight is 323 g/mol. The second-order valence-electron chi connectivity index (χ2n) is 5.24. The zero-order valence-electron chi connectivity index (χ0n) is 12.8. The summed E-state index contributed by atoms with van der Waals surface area (Å²) in [4.78, 5) is 34.2. The van der Waals surface area contributed by atoms with Crippen LogP contribution < -0.4 is 20.7 Å². The van der Waals surface area contributed by atoms with Crippen molar-refractivity contribution in [2.75, 3.05) is 7.11 Å². The van der Waals surface area contributed by atoms with Gasteiger partial charge in [0, 0.05) is 6.42 Å². The summed E-state index contributed by atoms with van der Waals surface area (Å²) in [7, 11) is 1.38. The molecular weight excluding hydrogens is 305 g/mol. The third-order valence-electron chi connectivity index (χ3n) is 3.57. The van der Waals surface area contributed by atoms with E-state index < -0.39 is 29.8 Å². The summed E-state index contributed by atoms with van der Waals surface area (Å²) in [5.41, 5.74) is 0.601. The Morgan fingerprint density at radius 1 is 1.43 bits per heavy atom. The Hall–Kier alpha value is -2.64. The lowest BCUT2D eigenvalue weighted by molar-refractivity contribution is -0.122. The SMILES string of the molecule is COc1ccc([C@@H](C)NC(=O)CC[C@@H]2NC(=O)NC2=O)cc1F. The number of ether oxygens (including phenoxy) is 1. The van der Waals surface area contributed by atoms with Crippen LogP contribution in [0, 0.1) is 5.82 Å². The Morgan fingerprint density at radius 3 is 2.74 bits per heavy atom. The van der Waals surface area contributed by atoms with Gasteiger partial charge in [0.15, 0.2) is 11.6 Å². The first-order valence-corrected chi connectivity index (χ1v) is 7.15. The minimum absolute atomic E-state index is 0.0708. The van der Waals surface area contributed by atoms with Crippen LogP contribution in [0.5, 0.6) is 5.75 Å². The highest BCUT2D eigenvalue weighted by Gasteiger charge is 2.29. The van der Waals surface area contributed by atoms with Crippen LogP contribution in [0.4, 0.5) is 9.18 Å². The van der Waals surface area contributed by atoms with Crippen LogP contribution in [0.25, 0.3) is 0 Å². The van der Waals surface area contributed by atoms with E-state index in [2.05, 4.69) is 16.0 Å². The van der Waals surface area contributed by atoms with Crippen molar-refractivity contribution in [1.82, 2.24) is 16.0 Å². The summed E-state index contributed by atoms with van der Waals surface area (Å²) in [6, 6.07) is 2.82. The lowest BCUT2D eigenvalue weighted by atomic mass is 10.1. The van der Waals surface area contributed by atoms with Gasteiger partial charge in [-0.1, -0.05) is 6.07 Å². The normalized spacial score (nSPS) is 18.1. The molecule has 8 heteroatoms. The zero-order valence-corrected chi connectivity index (χ0v) is 12.8. The van der Waals surface area contributed by atoms with Gasteiger partial charge in [-0.05, 0) is 31.0 Å². The van der Waals surface area contributed by atoms with Crippen molar-refractivity contribution in [1.29, 1.82) is 0 Å². The fraction of sp³-hybridized carbons (Fsp3) is 0.400. The van der Waals surface area contributed by atoms with Crippen molar-refractivity contribution in [2.45, 2.75) is 31.8 Å². The van der Waals surface area contributed by atoms with Gasteiger partial charge < -0.3 is 15.4 Å². The van der Waals surface area contributed by atoms with Crippen molar-refractivity contribution in [3.63, 3.8) is 0 Å². The number of hydrogen-bond acceptors (Lipinski definition) is 4. The van der Waals surface area contributed by atoms with E-state index in [4.69, 9.17) is 4.74 Å². The van der Waals surface area contributed by atoms with Crippen LogP contribution in [-0.2, 0) is 9.59 Å². The monoisotopic (exact) mass is 323 g/mol. The predicted octanol–water partition coefficient (Wildman–Crippen LogP) is 1.000. The molecule has 0 aliphatic carbocycles. The molecule has 7 nitrogen and oxygen atoms in total. The maximum atomic E-state index is 13.7. The van der Waals surface area contributed by atoms with Crippen LogP contribution in [0.3, 0.4) is 0 Å². The number of methoxy groups -OCH3 is 1. The molecule has 124 valence electrons. The van der Waals surface area contributed by atoms with E-state index >= 15 is 0 Å². The van der Waals surface area contributed by atoms with Gasteiger partial charge in [0.1, 0.15) is 6.04 Å². The van der Waals surface area contributed by atoms with Gasteiger partial charge in [-0.2, -0.15) is 0 Å². The summed E-state index contributed by atoms with van der Waals surface area (Å²) < 4.78 is 18.5. The number of hydrogen-bond donors (Lipinski definition) is 3. The Labute approximate surface area is 132 Å². The third-order valence-corrected chi connectivity index (χ3v) is 3.57. The molecule has 0 unspecified atom stereocenters. The molecule has 0 aromatic heterocycles. The van der Waals surface area contributed by atoms with E-state index in [1.54, 1.807) is 13.0 Å². The van der Waals surface area contributed by atoms with Gasteiger partial charge in [0.25, 0.3) is 5.91 Å². The second-order valence-corrected chi connectivity index (χ2v) is 5.24. The Bertz CT molecular complexity index is 635. The van der Waals surface area contributed by atoms with Gasteiger partial charge in [0.2, 0.25) is 5.91 Å². The van der Waals surface area contributed by atoms with E-state index in [9.17, 15) is 18.8 Å². The summed E-state index contributed by atoms with van der Waals surface area (Å²) in [6.45, 7) is 1.73. The van der Waals surface area contributed by atoms with Crippen LogP contribution >= 0.6 is 0 Å². The molecule has 1 aromatic carbocycles. The number of imide groups is 1. The van der Waals surface area contributed by atoms with E-state index in [1.165, 1.54) is 19.2 Å². The number of halogens is 1. The number of urea groups is 1. The molecule has 0 spiro atoms. The quantitative estimate of drug-likeness (QED) is 0.681. The van der Waals surface area contributed by atoms with Gasteiger partial charge in [-0.15, -0.1) is 0 Å². The maximum Gasteiger partial charge on any atom is 0.322 e. The summed E-state index contributed by atoms with van der Waals surface area (Å²) in [5.74, 6) is -1.09. The van der Waals surface area contributed by atoms with Gasteiger partial charge in [0.05, 0.1) is 13.2 Å². The first kappa shape index (κ1) is 16.7. The molecule has 1 aromatic rings. The fourth-order valence-corrected chi connectivity index (χ4v) is 2.29. The van der Waals surface area contributed by atoms with Crippen LogP contribution in [-0.4, -0.2) is 31.0 Å². The minimum Gasteiger partial charge on any atom is -0.494 e. The largest absolute Gasteiger partial charge is 0.494 e. The number of nitrogens with one attached hydrogen (secondary N) is 3. The summed E-state index contributed by atoms with van der Waals surface area (Å²) in [6.07, 6.45) is 0.272. The molecule has 1 saturated heterocycles. The van der Waals surface area contributed by atoms with Crippen molar-refractivity contribution >= 4 is 17.8 Å². The molecule has 1 aliphatic rings. The number of carbonyl (C=O) groups is 3. The first-order chi connectivity index (χ1) is 10.9. The van der Waals surface area contributed by atoms with Crippen molar-refractivity contribution < 1.29 is 23.5 Å². The van der Waals surface area contributed by atoms with E-state index in [0.29, 0.717) is 5.56 Å². The highest BCUT2D eigenvalue weighted by Crippen LogP contribution is 2.21. The molecule has 1 fully saturated rings. The summed E-state index contributed by atoms with van der Waals surface area (Å²) >= 11 is 0. The lowest BCUT2D eigenvalue weighted by Gasteiger charge is -2.16. The van der Waals surface area contributed by atoms with Crippen LogP contribution in [0.15, 0.2) is 18.2 Å². The maximum absolute atomic E-state index is 13.7. The highest BCUT2D eigenvalue weighted by atomic mass is 19.1. The Morgan fingerprint density at radius 2 is 2.17 bits per heavy atom. The van der Waals surface area contributed by atoms with Gasteiger partial charge in [-0.3, -0.25) is 14.9 Å². The van der Waals surface area contributed by atoms with Crippen LogP contribution in [0.1, 0.15) is 31.4 Å². The average Bonchev–Trinajstić information content (AvgIpc) is 2.82. The van der Waals surface area contributed by atoms with Crippen molar-refractivity contribution in [3.05, 3.63) is 29.6 Å². The van der Waals surface area contributed by atoms with Crippen LogP contribution in [0.2, 0.25) is 0 Å². The third kappa shape index (κ3) is 4.18. The molecule has 1 heterocycles. The van der Waals surface area contributed by atoms with E-state index in [-0.39, 0.29) is 24.5 Å². The fourth-order valence-electron chi connectivity index (χ4n) is 2.29. The zero-order chi connectivity index (χ0) is 17.0. The molecule has 0 radical (unpaired) electrons. The number of carbonyl (C=O) groups excluding carboxylic acids is 3.